The zero-order chi connectivity index (χ0) is 16.4. The average Bonchev–Trinajstić information content (AvgIpc) is 3.08. The summed E-state index contributed by atoms with van der Waals surface area (Å²) in [7, 11) is 3.37. The van der Waals surface area contributed by atoms with Gasteiger partial charge in [-0.2, -0.15) is 0 Å². The van der Waals surface area contributed by atoms with Crippen LogP contribution in [0.15, 0.2) is 36.0 Å². The lowest BCUT2D eigenvalue weighted by molar-refractivity contribution is -0.129. The van der Waals surface area contributed by atoms with E-state index in [1.165, 1.54) is 0 Å². The number of nitrogens with zero attached hydrogens (tertiary/aromatic N) is 3. The molecule has 1 amide bonds. The minimum atomic E-state index is -0.00205. The number of imidazole rings is 1. The number of carbonyl (C=O) groups excluding carboxylic acids is 1. The topological polar surface area (TPSA) is 46.8 Å². The monoisotopic (exact) mass is 349 g/mol. The van der Waals surface area contributed by atoms with Crippen molar-refractivity contribution in [3.63, 3.8) is 0 Å². The molecule has 3 rings (SSSR count). The van der Waals surface area contributed by atoms with Gasteiger partial charge in [0.2, 0.25) is 5.91 Å². The first kappa shape index (κ1) is 15.8. The van der Waals surface area contributed by atoms with Gasteiger partial charge in [0.1, 0.15) is 5.75 Å². The van der Waals surface area contributed by atoms with Crippen molar-refractivity contribution < 1.29 is 9.53 Å². The number of likely N-dealkylation sites (N-methyl/N-ethyl adjacent to an activating group) is 1. The first-order valence-electron chi connectivity index (χ1n) is 7.04. The van der Waals surface area contributed by atoms with Crippen molar-refractivity contribution in [2.24, 2.45) is 0 Å². The number of thiazole rings is 1. The highest BCUT2D eigenvalue weighted by atomic mass is 35.5. The standard InChI is InChI=1S/C16H16ClN3O2S/c1-19(9-11-7-12(17)3-4-14(11)22-2)15(21)8-13-10-20-5-6-23-16(20)18-13/h3-7,10H,8-9H2,1-2H3. The predicted octanol–water partition coefficient (Wildman–Crippen LogP) is 3.26. The number of benzene rings is 1. The number of methoxy groups -OCH3 is 1. The molecule has 7 heteroatoms. The smallest absolute Gasteiger partial charge is 0.228 e. The van der Waals surface area contributed by atoms with E-state index in [9.17, 15) is 4.79 Å². The number of ether oxygens (including phenoxy) is 1. The third kappa shape index (κ3) is 3.48. The van der Waals surface area contributed by atoms with Crippen LogP contribution in [0.3, 0.4) is 0 Å². The molecule has 0 atom stereocenters. The van der Waals surface area contributed by atoms with Gasteiger partial charge in [-0.15, -0.1) is 11.3 Å². The summed E-state index contributed by atoms with van der Waals surface area (Å²) in [5.74, 6) is 0.717. The fraction of sp³-hybridized carbons (Fsp3) is 0.250. The number of carbonyl (C=O) groups is 1. The molecule has 0 N–H and O–H groups in total. The molecule has 2 aromatic heterocycles. The van der Waals surface area contributed by atoms with E-state index in [0.29, 0.717) is 11.6 Å². The summed E-state index contributed by atoms with van der Waals surface area (Å²) in [4.78, 5) is 19.4. The summed E-state index contributed by atoms with van der Waals surface area (Å²) in [6, 6.07) is 5.39. The van der Waals surface area contributed by atoms with E-state index in [1.807, 2.05) is 28.2 Å². The van der Waals surface area contributed by atoms with Crippen molar-refractivity contribution >= 4 is 33.8 Å². The van der Waals surface area contributed by atoms with Crippen LogP contribution in [0.4, 0.5) is 0 Å². The Morgan fingerprint density at radius 2 is 2.30 bits per heavy atom. The maximum absolute atomic E-state index is 12.4. The highest BCUT2D eigenvalue weighted by Crippen LogP contribution is 2.24. The Kier molecular flexibility index (Phi) is 4.54. The lowest BCUT2D eigenvalue weighted by Gasteiger charge is -2.18. The van der Waals surface area contributed by atoms with Gasteiger partial charge in [-0.3, -0.25) is 9.20 Å². The van der Waals surface area contributed by atoms with Crippen LogP contribution >= 0.6 is 22.9 Å². The Balaban J connectivity index is 1.70. The highest BCUT2D eigenvalue weighted by Gasteiger charge is 2.15. The number of halogens is 1. The number of aromatic nitrogens is 2. The molecular formula is C16H16ClN3O2S. The second-order valence-corrected chi connectivity index (χ2v) is 6.52. The number of amides is 1. The second kappa shape index (κ2) is 6.60. The highest BCUT2D eigenvalue weighted by molar-refractivity contribution is 7.15. The molecule has 0 saturated heterocycles. The SMILES string of the molecule is COc1ccc(Cl)cc1CN(C)C(=O)Cc1cn2ccsc2n1. The van der Waals surface area contributed by atoms with Crippen molar-refractivity contribution in [3.8, 4) is 5.75 Å². The van der Waals surface area contributed by atoms with Crippen LogP contribution in [0.1, 0.15) is 11.3 Å². The van der Waals surface area contributed by atoms with Crippen LogP contribution in [0.25, 0.3) is 4.96 Å². The van der Waals surface area contributed by atoms with Gasteiger partial charge in [0.05, 0.1) is 19.2 Å². The molecule has 5 nitrogen and oxygen atoms in total. The molecule has 0 unspecified atom stereocenters. The lowest BCUT2D eigenvalue weighted by atomic mass is 10.2. The fourth-order valence-corrected chi connectivity index (χ4v) is 3.28. The van der Waals surface area contributed by atoms with Crippen LogP contribution in [-0.4, -0.2) is 34.3 Å². The summed E-state index contributed by atoms with van der Waals surface area (Å²) in [6.07, 6.45) is 4.09. The summed E-state index contributed by atoms with van der Waals surface area (Å²) in [5.41, 5.74) is 1.65. The molecule has 120 valence electrons. The van der Waals surface area contributed by atoms with Crippen molar-refractivity contribution in [2.75, 3.05) is 14.2 Å². The molecule has 0 aliphatic carbocycles. The van der Waals surface area contributed by atoms with Crippen LogP contribution in [0.5, 0.6) is 5.75 Å². The molecule has 0 aliphatic heterocycles. The van der Waals surface area contributed by atoms with Gasteiger partial charge in [-0.1, -0.05) is 11.6 Å². The summed E-state index contributed by atoms with van der Waals surface area (Å²) in [6.45, 7) is 0.435. The first-order chi connectivity index (χ1) is 11.1. The minimum Gasteiger partial charge on any atom is -0.496 e. The van der Waals surface area contributed by atoms with Crippen molar-refractivity contribution in [3.05, 3.63) is 52.3 Å². The molecule has 0 radical (unpaired) electrons. The Morgan fingerprint density at radius 3 is 3.04 bits per heavy atom. The van der Waals surface area contributed by atoms with Gasteiger partial charge < -0.3 is 9.64 Å². The number of fused-ring (bicyclic) bond motifs is 1. The Hall–Kier alpha value is -2.05. The molecule has 1 aromatic carbocycles. The van der Waals surface area contributed by atoms with Crippen LogP contribution < -0.4 is 4.74 Å². The molecular weight excluding hydrogens is 334 g/mol. The van der Waals surface area contributed by atoms with Crippen LogP contribution in [0.2, 0.25) is 5.02 Å². The fourth-order valence-electron chi connectivity index (χ4n) is 2.37. The summed E-state index contributed by atoms with van der Waals surface area (Å²) < 4.78 is 7.24. The quantitative estimate of drug-likeness (QED) is 0.710. The molecule has 0 fully saturated rings. The Labute approximate surface area is 143 Å². The van der Waals surface area contributed by atoms with E-state index in [4.69, 9.17) is 16.3 Å². The van der Waals surface area contributed by atoms with Gasteiger partial charge in [0.15, 0.2) is 4.96 Å². The van der Waals surface area contributed by atoms with E-state index in [1.54, 1.807) is 42.5 Å². The zero-order valence-electron chi connectivity index (χ0n) is 12.8. The molecule has 0 aliphatic rings. The van der Waals surface area contributed by atoms with E-state index < -0.39 is 0 Å². The molecule has 0 saturated carbocycles. The van der Waals surface area contributed by atoms with E-state index >= 15 is 0 Å². The lowest BCUT2D eigenvalue weighted by Crippen LogP contribution is -2.28. The molecule has 2 heterocycles. The summed E-state index contributed by atoms with van der Waals surface area (Å²) >= 11 is 7.58. The third-order valence-corrected chi connectivity index (χ3v) is 4.56. The maximum atomic E-state index is 12.4. The van der Waals surface area contributed by atoms with Gasteiger partial charge in [-0.05, 0) is 18.2 Å². The van der Waals surface area contributed by atoms with Gasteiger partial charge in [0.25, 0.3) is 0 Å². The normalized spacial score (nSPS) is 10.9. The van der Waals surface area contributed by atoms with Crippen molar-refractivity contribution in [1.82, 2.24) is 14.3 Å². The third-order valence-electron chi connectivity index (χ3n) is 3.55. The van der Waals surface area contributed by atoms with E-state index in [0.717, 1.165) is 22.0 Å². The zero-order valence-corrected chi connectivity index (χ0v) is 14.4. The summed E-state index contributed by atoms with van der Waals surface area (Å²) in [5, 5.41) is 2.59. The number of hydrogen-bond acceptors (Lipinski definition) is 4. The molecule has 0 spiro atoms. The molecule has 23 heavy (non-hydrogen) atoms. The van der Waals surface area contributed by atoms with Gasteiger partial charge >= 0.3 is 0 Å². The Bertz CT molecular complexity index is 814. The van der Waals surface area contributed by atoms with Crippen molar-refractivity contribution in [2.45, 2.75) is 13.0 Å². The maximum Gasteiger partial charge on any atom is 0.228 e. The van der Waals surface area contributed by atoms with Gasteiger partial charge in [-0.25, -0.2) is 4.98 Å². The van der Waals surface area contributed by atoms with Crippen molar-refractivity contribution in [1.29, 1.82) is 0 Å². The van der Waals surface area contributed by atoms with E-state index in [2.05, 4.69) is 4.98 Å². The predicted molar refractivity (Wildman–Crippen MR) is 91.3 cm³/mol. The van der Waals surface area contributed by atoms with E-state index in [-0.39, 0.29) is 12.3 Å². The second-order valence-electron chi connectivity index (χ2n) is 5.21. The largest absolute Gasteiger partial charge is 0.496 e. The van der Waals surface area contributed by atoms with Gasteiger partial charge in [0, 0.05) is 42.0 Å². The van der Waals surface area contributed by atoms with Crippen LogP contribution in [0, 0.1) is 0 Å². The average molecular weight is 350 g/mol. The first-order valence-corrected chi connectivity index (χ1v) is 8.30. The van der Waals surface area contributed by atoms with Crippen LogP contribution in [-0.2, 0) is 17.8 Å². The Morgan fingerprint density at radius 1 is 1.48 bits per heavy atom. The minimum absolute atomic E-state index is 0.00205. The molecule has 0 bridgehead atoms. The number of hydrogen-bond donors (Lipinski definition) is 0. The molecule has 3 aromatic rings. The number of rotatable bonds is 5.